The Kier molecular flexibility index (Phi) is 4.97. The molecule has 2 heterocycles. The van der Waals surface area contributed by atoms with Crippen molar-refractivity contribution in [2.24, 2.45) is 0 Å². The number of hydrogen-bond acceptors (Lipinski definition) is 4. The minimum absolute atomic E-state index is 0.0952. The minimum atomic E-state index is -0.0952. The van der Waals surface area contributed by atoms with Gasteiger partial charge in [0.2, 0.25) is 0 Å². The Hall–Kier alpha value is -2.28. The molecule has 0 bridgehead atoms. The van der Waals surface area contributed by atoms with Crippen molar-refractivity contribution in [3.63, 3.8) is 0 Å². The summed E-state index contributed by atoms with van der Waals surface area (Å²) in [6.07, 6.45) is 2.76. The van der Waals surface area contributed by atoms with E-state index < -0.39 is 0 Å². The maximum atomic E-state index is 6.01. The summed E-state index contributed by atoms with van der Waals surface area (Å²) in [5, 5.41) is 10.8. The number of H-pyrrole nitrogens is 1. The predicted octanol–water partition coefficient (Wildman–Crippen LogP) is 4.02. The van der Waals surface area contributed by atoms with Crippen molar-refractivity contribution in [3.05, 3.63) is 76.8 Å². The molecule has 7 heteroatoms. The van der Waals surface area contributed by atoms with E-state index in [1.807, 2.05) is 42.6 Å². The van der Waals surface area contributed by atoms with Crippen molar-refractivity contribution in [3.8, 4) is 0 Å². The highest BCUT2D eigenvalue weighted by molar-refractivity contribution is 7.98. The number of nitrogens with one attached hydrogen (secondary N) is 1. The van der Waals surface area contributed by atoms with Gasteiger partial charge in [-0.25, -0.2) is 0 Å². The minimum Gasteiger partial charge on any atom is -0.410 e. The lowest BCUT2D eigenvalue weighted by molar-refractivity contribution is -0.431. The van der Waals surface area contributed by atoms with Crippen LogP contribution in [0.1, 0.15) is 23.1 Å². The highest BCUT2D eigenvalue weighted by atomic mass is 35.5. The van der Waals surface area contributed by atoms with Crippen molar-refractivity contribution in [2.75, 3.05) is 0 Å². The molecule has 26 heavy (non-hydrogen) atoms. The molecule has 4 aromatic rings. The van der Waals surface area contributed by atoms with Crippen molar-refractivity contribution in [1.29, 1.82) is 0 Å². The van der Waals surface area contributed by atoms with Gasteiger partial charge in [0, 0.05) is 34.3 Å². The van der Waals surface area contributed by atoms with Crippen LogP contribution in [0.25, 0.3) is 10.9 Å². The standard InChI is InChI=1S/C19H17ClN4OS/c20-14-5-3-4-12(8-14)11-26-19-24-23-18(25-19)16(21)9-13-10-22-17-7-2-1-6-15(13)17/h1-8,10,16,22H,9,11,21H2/p+1. The molecule has 5 nitrogen and oxygen atoms in total. The summed E-state index contributed by atoms with van der Waals surface area (Å²) >= 11 is 7.51. The first-order valence-electron chi connectivity index (χ1n) is 8.28. The number of rotatable bonds is 6. The van der Waals surface area contributed by atoms with Gasteiger partial charge in [-0.05, 0) is 29.3 Å². The van der Waals surface area contributed by atoms with E-state index in [4.69, 9.17) is 16.0 Å². The summed E-state index contributed by atoms with van der Waals surface area (Å²) in [5.41, 5.74) is 7.64. The molecule has 0 saturated carbocycles. The maximum Gasteiger partial charge on any atom is 0.277 e. The fourth-order valence-electron chi connectivity index (χ4n) is 2.87. The van der Waals surface area contributed by atoms with Crippen LogP contribution in [0.4, 0.5) is 0 Å². The third-order valence-electron chi connectivity index (χ3n) is 4.16. The number of fused-ring (bicyclic) bond motifs is 1. The molecular formula is C19H18ClN4OS+. The Bertz CT molecular complexity index is 1030. The van der Waals surface area contributed by atoms with Crippen LogP contribution >= 0.6 is 23.4 Å². The molecule has 1 unspecified atom stereocenters. The Balaban J connectivity index is 1.42. The predicted molar refractivity (Wildman–Crippen MR) is 103 cm³/mol. The Labute approximate surface area is 159 Å². The summed E-state index contributed by atoms with van der Waals surface area (Å²) < 4.78 is 5.79. The second kappa shape index (κ2) is 7.53. The number of para-hydroxylation sites is 1. The van der Waals surface area contributed by atoms with Gasteiger partial charge in [0.05, 0.1) is 0 Å². The molecular weight excluding hydrogens is 368 g/mol. The van der Waals surface area contributed by atoms with E-state index in [1.165, 1.54) is 22.7 Å². The van der Waals surface area contributed by atoms with Gasteiger partial charge in [-0.1, -0.05) is 53.7 Å². The van der Waals surface area contributed by atoms with Gasteiger partial charge >= 0.3 is 0 Å². The molecule has 0 amide bonds. The lowest BCUT2D eigenvalue weighted by atomic mass is 10.1. The fourth-order valence-corrected chi connectivity index (χ4v) is 3.79. The van der Waals surface area contributed by atoms with Gasteiger partial charge < -0.3 is 15.1 Å². The number of hydrogen-bond donors (Lipinski definition) is 2. The second-order valence-electron chi connectivity index (χ2n) is 6.09. The zero-order valence-electron chi connectivity index (χ0n) is 14.0. The van der Waals surface area contributed by atoms with Gasteiger partial charge in [-0.15, -0.1) is 10.2 Å². The number of quaternary nitrogens is 1. The topological polar surface area (TPSA) is 82.4 Å². The first-order chi connectivity index (χ1) is 12.7. The van der Waals surface area contributed by atoms with Gasteiger partial charge in [0.15, 0.2) is 6.04 Å². The van der Waals surface area contributed by atoms with Crippen LogP contribution in [-0.2, 0) is 12.2 Å². The highest BCUT2D eigenvalue weighted by Crippen LogP contribution is 2.26. The summed E-state index contributed by atoms with van der Waals surface area (Å²) in [4.78, 5) is 3.28. The first-order valence-corrected chi connectivity index (χ1v) is 9.64. The smallest absolute Gasteiger partial charge is 0.277 e. The van der Waals surface area contributed by atoms with Gasteiger partial charge in [-0.3, -0.25) is 0 Å². The lowest BCUT2D eigenvalue weighted by Gasteiger charge is -2.03. The molecule has 0 aliphatic carbocycles. The van der Waals surface area contributed by atoms with Crippen molar-refractivity contribution < 1.29 is 10.2 Å². The summed E-state index contributed by atoms with van der Waals surface area (Å²) in [6.45, 7) is 0. The van der Waals surface area contributed by atoms with Crippen LogP contribution in [0.15, 0.2) is 64.4 Å². The van der Waals surface area contributed by atoms with E-state index in [2.05, 4.69) is 33.0 Å². The molecule has 0 spiro atoms. The van der Waals surface area contributed by atoms with Crippen LogP contribution in [0.3, 0.4) is 0 Å². The zero-order chi connectivity index (χ0) is 17.9. The number of thioether (sulfide) groups is 1. The van der Waals surface area contributed by atoms with E-state index in [1.54, 1.807) is 0 Å². The monoisotopic (exact) mass is 385 g/mol. The summed E-state index contributed by atoms with van der Waals surface area (Å²) in [7, 11) is 0. The highest BCUT2D eigenvalue weighted by Gasteiger charge is 2.20. The quantitative estimate of drug-likeness (QED) is 0.491. The van der Waals surface area contributed by atoms with Gasteiger partial charge in [-0.2, -0.15) is 0 Å². The van der Waals surface area contributed by atoms with E-state index in [0.717, 1.165) is 28.3 Å². The van der Waals surface area contributed by atoms with Crippen LogP contribution < -0.4 is 5.73 Å². The second-order valence-corrected chi connectivity index (χ2v) is 7.45. The molecule has 2 aromatic carbocycles. The molecule has 2 aromatic heterocycles. The zero-order valence-corrected chi connectivity index (χ0v) is 15.6. The van der Waals surface area contributed by atoms with Crippen molar-refractivity contribution >= 4 is 34.3 Å². The number of benzene rings is 2. The molecule has 4 rings (SSSR count). The fraction of sp³-hybridized carbons (Fsp3) is 0.158. The molecule has 132 valence electrons. The lowest BCUT2D eigenvalue weighted by Crippen LogP contribution is -2.54. The molecule has 1 atom stereocenters. The normalized spacial score (nSPS) is 12.5. The summed E-state index contributed by atoms with van der Waals surface area (Å²) in [5.74, 6) is 1.29. The van der Waals surface area contributed by atoms with Gasteiger partial charge in [0.25, 0.3) is 11.1 Å². The van der Waals surface area contributed by atoms with Crippen LogP contribution in [0, 0.1) is 0 Å². The maximum absolute atomic E-state index is 6.01. The van der Waals surface area contributed by atoms with Crippen molar-refractivity contribution in [1.82, 2.24) is 15.2 Å². The Morgan fingerprint density at radius 1 is 1.15 bits per heavy atom. The van der Waals surface area contributed by atoms with Crippen LogP contribution in [0.5, 0.6) is 0 Å². The van der Waals surface area contributed by atoms with Crippen molar-refractivity contribution in [2.45, 2.75) is 23.4 Å². The van der Waals surface area contributed by atoms with Crippen LogP contribution in [-0.4, -0.2) is 15.2 Å². The SMILES string of the molecule is [NH3+]C(Cc1c[nH]c2ccccc12)c1nnc(SCc2cccc(Cl)c2)o1. The third kappa shape index (κ3) is 3.77. The molecule has 0 aliphatic rings. The number of nitrogens with zero attached hydrogens (tertiary/aromatic N) is 2. The van der Waals surface area contributed by atoms with E-state index in [9.17, 15) is 0 Å². The van der Waals surface area contributed by atoms with E-state index in [0.29, 0.717) is 11.1 Å². The molecule has 0 aliphatic heterocycles. The first kappa shape index (κ1) is 17.1. The summed E-state index contributed by atoms with van der Waals surface area (Å²) in [6, 6.07) is 15.9. The van der Waals surface area contributed by atoms with E-state index in [-0.39, 0.29) is 6.04 Å². The Morgan fingerprint density at radius 3 is 2.92 bits per heavy atom. The Morgan fingerprint density at radius 2 is 2.04 bits per heavy atom. The number of aromatic nitrogens is 3. The number of halogens is 1. The third-order valence-corrected chi connectivity index (χ3v) is 5.29. The van der Waals surface area contributed by atoms with E-state index >= 15 is 0 Å². The molecule has 4 N–H and O–H groups in total. The largest absolute Gasteiger partial charge is 0.410 e. The average Bonchev–Trinajstić information content (AvgIpc) is 3.28. The molecule has 0 saturated heterocycles. The molecule has 0 radical (unpaired) electrons. The van der Waals surface area contributed by atoms with Crippen LogP contribution in [0.2, 0.25) is 5.02 Å². The van der Waals surface area contributed by atoms with Gasteiger partial charge in [0.1, 0.15) is 0 Å². The molecule has 0 fully saturated rings. The average molecular weight is 386 g/mol. The number of aromatic amines is 1.